The average Bonchev–Trinajstić information content (AvgIpc) is 2.98. The van der Waals surface area contributed by atoms with E-state index in [1.807, 2.05) is 0 Å². The quantitative estimate of drug-likeness (QED) is 0.734. The predicted molar refractivity (Wildman–Crippen MR) is 65.1 cm³/mol. The second kappa shape index (κ2) is 5.53. The Morgan fingerprint density at radius 3 is 2.89 bits per heavy atom. The van der Waals surface area contributed by atoms with Gasteiger partial charge < -0.3 is 15.4 Å². The molecule has 0 aliphatic carbocycles. The highest BCUT2D eigenvalue weighted by Gasteiger charge is 2.09. The molecular weight excluding hydrogens is 274 g/mol. The van der Waals surface area contributed by atoms with Crippen molar-refractivity contribution in [2.24, 2.45) is 0 Å². The normalized spacial score (nSPS) is 10.4. The van der Waals surface area contributed by atoms with Crippen LogP contribution in [0.4, 0.5) is 0 Å². The molecule has 2 rings (SSSR count). The molecule has 1 amide bonds. The molecule has 3 N–H and O–H groups in total. The maximum absolute atomic E-state index is 11.6. The maximum atomic E-state index is 11.6. The molecule has 0 radical (unpaired) electrons. The van der Waals surface area contributed by atoms with Gasteiger partial charge in [-0.2, -0.15) is 0 Å². The maximum Gasteiger partial charge on any atom is 0.358 e. The first-order valence-corrected chi connectivity index (χ1v) is 5.69. The van der Waals surface area contributed by atoms with Gasteiger partial charge in [-0.15, -0.1) is 5.10 Å². The van der Waals surface area contributed by atoms with Gasteiger partial charge in [0.1, 0.15) is 5.69 Å². The third kappa shape index (κ3) is 3.32. The third-order valence-electron chi connectivity index (χ3n) is 2.28. The molecule has 0 atom stereocenters. The summed E-state index contributed by atoms with van der Waals surface area (Å²) in [5.41, 5.74) is 0.220. The zero-order valence-corrected chi connectivity index (χ0v) is 10.4. The van der Waals surface area contributed by atoms with E-state index in [0.717, 1.165) is 0 Å². The second-order valence-corrected chi connectivity index (χ2v) is 4.10. The minimum Gasteiger partial charge on any atom is -0.476 e. The van der Waals surface area contributed by atoms with Crippen LogP contribution in [0.5, 0.6) is 0 Å². The third-order valence-corrected chi connectivity index (χ3v) is 2.49. The number of aromatic nitrogens is 4. The van der Waals surface area contributed by atoms with E-state index in [0.29, 0.717) is 17.3 Å². The standard InChI is InChI=1S/C10H10ClN5O3/c11-6-3-7(13-4-6)9(17)12-1-2-16-5-8(10(18)19)14-15-16/h3-5,13H,1-2H2,(H,12,17)(H,18,19). The Labute approximate surface area is 112 Å². The molecule has 0 fully saturated rings. The van der Waals surface area contributed by atoms with E-state index in [1.54, 1.807) is 0 Å². The summed E-state index contributed by atoms with van der Waals surface area (Å²) in [5, 5.41) is 18.8. The highest BCUT2D eigenvalue weighted by molar-refractivity contribution is 6.30. The van der Waals surface area contributed by atoms with Gasteiger partial charge in [0.2, 0.25) is 0 Å². The van der Waals surface area contributed by atoms with Gasteiger partial charge in [-0.25, -0.2) is 9.48 Å². The molecule has 0 spiro atoms. The van der Waals surface area contributed by atoms with Crippen molar-refractivity contribution in [1.29, 1.82) is 0 Å². The van der Waals surface area contributed by atoms with E-state index in [9.17, 15) is 9.59 Å². The molecule has 0 saturated carbocycles. The topological polar surface area (TPSA) is 113 Å². The minimum absolute atomic E-state index is 0.137. The number of amides is 1. The minimum atomic E-state index is -1.14. The number of hydrogen-bond acceptors (Lipinski definition) is 4. The van der Waals surface area contributed by atoms with Gasteiger partial charge in [0.15, 0.2) is 5.69 Å². The Balaban J connectivity index is 1.83. The van der Waals surface area contributed by atoms with Crippen LogP contribution in [0.1, 0.15) is 21.0 Å². The number of H-pyrrole nitrogens is 1. The summed E-state index contributed by atoms with van der Waals surface area (Å²) in [7, 11) is 0. The summed E-state index contributed by atoms with van der Waals surface area (Å²) in [6.07, 6.45) is 2.80. The van der Waals surface area contributed by atoms with E-state index >= 15 is 0 Å². The number of hydrogen-bond donors (Lipinski definition) is 3. The molecule has 0 saturated heterocycles. The van der Waals surface area contributed by atoms with Crippen LogP contribution in [-0.4, -0.2) is 43.5 Å². The lowest BCUT2D eigenvalue weighted by Crippen LogP contribution is -2.27. The van der Waals surface area contributed by atoms with Crippen molar-refractivity contribution in [1.82, 2.24) is 25.3 Å². The van der Waals surface area contributed by atoms with Crippen molar-refractivity contribution >= 4 is 23.5 Å². The molecule has 19 heavy (non-hydrogen) atoms. The molecule has 8 nitrogen and oxygen atoms in total. The molecule has 0 aromatic carbocycles. The lowest BCUT2D eigenvalue weighted by Gasteiger charge is -2.03. The zero-order chi connectivity index (χ0) is 13.8. The number of carboxylic acids is 1. The number of nitrogens with one attached hydrogen (secondary N) is 2. The second-order valence-electron chi connectivity index (χ2n) is 3.66. The van der Waals surface area contributed by atoms with Gasteiger partial charge in [-0.05, 0) is 6.07 Å². The Kier molecular flexibility index (Phi) is 3.81. The van der Waals surface area contributed by atoms with E-state index in [1.165, 1.54) is 23.1 Å². The summed E-state index contributed by atoms with van der Waals surface area (Å²) in [6.45, 7) is 0.609. The predicted octanol–water partition coefficient (Wildman–Crippen LogP) is 0.388. The molecule has 0 aliphatic rings. The first-order valence-electron chi connectivity index (χ1n) is 5.32. The van der Waals surface area contributed by atoms with Crippen LogP contribution in [0.2, 0.25) is 5.02 Å². The summed E-state index contributed by atoms with van der Waals surface area (Å²) in [5.74, 6) is -1.44. The van der Waals surface area contributed by atoms with E-state index in [-0.39, 0.29) is 18.1 Å². The number of aromatic carboxylic acids is 1. The number of carbonyl (C=O) groups is 2. The van der Waals surface area contributed by atoms with Crippen LogP contribution in [-0.2, 0) is 6.54 Å². The SMILES string of the molecule is O=C(O)c1cn(CCNC(=O)c2cc(Cl)c[nH]2)nn1. The van der Waals surface area contributed by atoms with E-state index in [2.05, 4.69) is 20.6 Å². The Bertz CT molecular complexity index is 606. The number of aromatic amines is 1. The first kappa shape index (κ1) is 13.1. The fourth-order valence-electron chi connectivity index (χ4n) is 1.38. The van der Waals surface area contributed by atoms with Crippen molar-refractivity contribution in [2.45, 2.75) is 6.54 Å². The lowest BCUT2D eigenvalue weighted by atomic mass is 10.4. The van der Waals surface area contributed by atoms with Crippen molar-refractivity contribution in [3.05, 3.63) is 34.9 Å². The molecule has 2 aromatic rings. The number of rotatable bonds is 5. The number of carboxylic acid groups (broad SMARTS) is 1. The molecule has 2 aromatic heterocycles. The fraction of sp³-hybridized carbons (Fsp3) is 0.200. The van der Waals surface area contributed by atoms with Crippen LogP contribution in [0, 0.1) is 0 Å². The highest BCUT2D eigenvalue weighted by Crippen LogP contribution is 2.08. The highest BCUT2D eigenvalue weighted by atomic mass is 35.5. The smallest absolute Gasteiger partial charge is 0.358 e. The van der Waals surface area contributed by atoms with Gasteiger partial charge in [-0.1, -0.05) is 16.8 Å². The number of carbonyl (C=O) groups excluding carboxylic acids is 1. The van der Waals surface area contributed by atoms with Crippen LogP contribution < -0.4 is 5.32 Å². The lowest BCUT2D eigenvalue weighted by molar-refractivity contribution is 0.0690. The monoisotopic (exact) mass is 283 g/mol. The zero-order valence-electron chi connectivity index (χ0n) is 9.63. The Hall–Kier alpha value is -2.35. The van der Waals surface area contributed by atoms with Crippen molar-refractivity contribution in [3.63, 3.8) is 0 Å². The first-order chi connectivity index (χ1) is 9.06. The summed E-state index contributed by atoms with van der Waals surface area (Å²) >= 11 is 5.68. The summed E-state index contributed by atoms with van der Waals surface area (Å²) in [4.78, 5) is 24.9. The van der Waals surface area contributed by atoms with Crippen LogP contribution >= 0.6 is 11.6 Å². The molecule has 0 unspecified atom stereocenters. The van der Waals surface area contributed by atoms with Gasteiger partial charge in [0.25, 0.3) is 5.91 Å². The molecular formula is C10H10ClN5O3. The average molecular weight is 284 g/mol. The van der Waals surface area contributed by atoms with E-state index in [4.69, 9.17) is 16.7 Å². The van der Waals surface area contributed by atoms with Crippen molar-refractivity contribution in [3.8, 4) is 0 Å². The van der Waals surface area contributed by atoms with Crippen molar-refractivity contribution in [2.75, 3.05) is 6.54 Å². The van der Waals surface area contributed by atoms with Crippen LogP contribution in [0.15, 0.2) is 18.5 Å². The number of halogens is 1. The largest absolute Gasteiger partial charge is 0.476 e. The van der Waals surface area contributed by atoms with Crippen LogP contribution in [0.25, 0.3) is 0 Å². The van der Waals surface area contributed by atoms with E-state index < -0.39 is 5.97 Å². The summed E-state index contributed by atoms with van der Waals surface area (Å²) < 4.78 is 1.34. The molecule has 100 valence electrons. The fourth-order valence-corrected chi connectivity index (χ4v) is 1.55. The van der Waals surface area contributed by atoms with Gasteiger partial charge in [0, 0.05) is 12.7 Å². The van der Waals surface area contributed by atoms with Gasteiger partial charge in [-0.3, -0.25) is 4.79 Å². The Morgan fingerprint density at radius 1 is 1.53 bits per heavy atom. The summed E-state index contributed by atoms with van der Waals surface area (Å²) in [6, 6.07) is 1.51. The van der Waals surface area contributed by atoms with Gasteiger partial charge in [0.05, 0.1) is 17.8 Å². The molecule has 9 heteroatoms. The van der Waals surface area contributed by atoms with Gasteiger partial charge >= 0.3 is 5.97 Å². The molecule has 0 bridgehead atoms. The van der Waals surface area contributed by atoms with Crippen LogP contribution in [0.3, 0.4) is 0 Å². The number of nitrogens with zero attached hydrogens (tertiary/aromatic N) is 3. The molecule has 2 heterocycles. The Morgan fingerprint density at radius 2 is 2.32 bits per heavy atom. The van der Waals surface area contributed by atoms with Crippen molar-refractivity contribution < 1.29 is 14.7 Å². The molecule has 0 aliphatic heterocycles.